The normalized spacial score (nSPS) is 13.3. The lowest BCUT2D eigenvalue weighted by Crippen LogP contribution is -2.47. The first-order valence-electron chi connectivity index (χ1n) is 11.7. The molecular weight excluding hydrogens is 450 g/mol. The average molecular weight is 490 g/mol. The van der Waals surface area contributed by atoms with Crippen molar-refractivity contribution in [3.63, 3.8) is 0 Å². The Morgan fingerprint density at radius 1 is 1.00 bits per heavy atom. The molecule has 0 aromatic heterocycles. The molecule has 0 aliphatic heterocycles. The molecule has 0 fully saturated rings. The summed E-state index contributed by atoms with van der Waals surface area (Å²) < 4.78 is 0. The third-order valence-electron chi connectivity index (χ3n) is 5.32. The van der Waals surface area contributed by atoms with E-state index in [4.69, 9.17) is 22.9 Å². The van der Waals surface area contributed by atoms with Gasteiger partial charge in [0, 0.05) is 13.0 Å². The van der Waals surface area contributed by atoms with Crippen LogP contribution in [0.2, 0.25) is 0 Å². The predicted molar refractivity (Wildman–Crippen MR) is 136 cm³/mol. The van der Waals surface area contributed by atoms with Crippen molar-refractivity contribution >= 4 is 29.6 Å². The Morgan fingerprint density at radius 3 is 2.20 bits per heavy atom. The third kappa shape index (κ3) is 12.4. The summed E-state index contributed by atoms with van der Waals surface area (Å²) in [6.45, 7) is 4.25. The molecule has 0 saturated heterocycles. The SMILES string of the molecule is CC(C)CC(NC(=O)[C@H](CCCCN=C(N)N)N=C(N)N)C(=O)CC(Cc1ccccc1)C(=O)O. The Hall–Kier alpha value is -3.63. The quantitative estimate of drug-likeness (QED) is 0.109. The standard InChI is InChI=1S/C24H39N7O4/c1-15(2)12-19(20(32)14-17(22(34)35)13-16-8-4-3-5-9-16)30-21(33)18(31-24(27)28)10-6-7-11-29-23(25)26/h3-5,8-9,15,17-19H,6-7,10-14H2,1-2H3,(H,30,33)(H,34,35)(H4,25,26,29)(H4,27,28,31)/t17?,18-,19?/m0/s1. The number of carbonyl (C=O) groups excluding carboxylic acids is 2. The number of benzene rings is 1. The maximum Gasteiger partial charge on any atom is 0.307 e. The fourth-order valence-corrected chi connectivity index (χ4v) is 3.63. The molecule has 0 aliphatic carbocycles. The topological polar surface area (TPSA) is 212 Å². The summed E-state index contributed by atoms with van der Waals surface area (Å²) in [5.41, 5.74) is 22.5. The molecule has 0 radical (unpaired) electrons. The zero-order valence-electron chi connectivity index (χ0n) is 20.5. The molecule has 194 valence electrons. The van der Waals surface area contributed by atoms with Gasteiger partial charge < -0.3 is 33.4 Å². The number of carboxylic acids is 1. The van der Waals surface area contributed by atoms with Crippen LogP contribution >= 0.6 is 0 Å². The van der Waals surface area contributed by atoms with Crippen molar-refractivity contribution in [2.75, 3.05) is 6.54 Å². The minimum atomic E-state index is -1.06. The van der Waals surface area contributed by atoms with E-state index in [0.29, 0.717) is 32.2 Å². The molecule has 1 amide bonds. The van der Waals surface area contributed by atoms with Crippen LogP contribution in [0.3, 0.4) is 0 Å². The molecule has 0 spiro atoms. The Kier molecular flexibility index (Phi) is 12.9. The molecule has 1 aromatic rings. The minimum Gasteiger partial charge on any atom is -0.481 e. The number of unbranched alkanes of at least 4 members (excludes halogenated alkanes) is 1. The molecule has 11 heteroatoms. The second-order valence-corrected chi connectivity index (χ2v) is 8.96. The number of nitrogens with two attached hydrogens (primary N) is 4. The highest BCUT2D eigenvalue weighted by Crippen LogP contribution is 2.17. The van der Waals surface area contributed by atoms with E-state index in [-0.39, 0.29) is 36.5 Å². The minimum absolute atomic E-state index is 0.00881. The lowest BCUT2D eigenvalue weighted by molar-refractivity contribution is -0.144. The highest BCUT2D eigenvalue weighted by molar-refractivity contribution is 5.93. The van der Waals surface area contributed by atoms with E-state index in [1.165, 1.54) is 0 Å². The molecule has 0 aliphatic rings. The molecule has 2 unspecified atom stereocenters. The number of nitrogens with zero attached hydrogens (tertiary/aromatic N) is 2. The van der Waals surface area contributed by atoms with Crippen LogP contribution in [0.15, 0.2) is 40.3 Å². The first kappa shape index (κ1) is 29.4. The number of Topliss-reactive ketones (excluding diaryl/α,β-unsaturated/α-hetero) is 1. The fraction of sp³-hybridized carbons (Fsp3) is 0.542. The number of hydrogen-bond acceptors (Lipinski definition) is 5. The Balaban J connectivity index is 2.90. The number of carboxylic acid groups (broad SMARTS) is 1. The highest BCUT2D eigenvalue weighted by Gasteiger charge is 2.30. The van der Waals surface area contributed by atoms with Gasteiger partial charge in [0.15, 0.2) is 17.7 Å². The van der Waals surface area contributed by atoms with Crippen LogP contribution in [0.5, 0.6) is 0 Å². The van der Waals surface area contributed by atoms with Crippen molar-refractivity contribution in [2.45, 2.75) is 64.5 Å². The zero-order valence-corrected chi connectivity index (χ0v) is 20.5. The molecule has 3 atom stereocenters. The lowest BCUT2D eigenvalue weighted by Gasteiger charge is -2.23. The van der Waals surface area contributed by atoms with Crippen LogP contribution < -0.4 is 28.3 Å². The molecule has 0 heterocycles. The van der Waals surface area contributed by atoms with Gasteiger partial charge in [-0.15, -0.1) is 0 Å². The number of aliphatic carboxylic acids is 1. The number of ketones is 1. The molecule has 1 aromatic carbocycles. The van der Waals surface area contributed by atoms with Crippen LogP contribution in [-0.2, 0) is 20.8 Å². The van der Waals surface area contributed by atoms with Crippen LogP contribution in [0.25, 0.3) is 0 Å². The first-order chi connectivity index (χ1) is 16.5. The van der Waals surface area contributed by atoms with Gasteiger partial charge in [0.25, 0.3) is 0 Å². The van der Waals surface area contributed by atoms with Crippen LogP contribution in [0.4, 0.5) is 0 Å². The number of rotatable bonds is 16. The predicted octanol–water partition coefficient (Wildman–Crippen LogP) is 0.506. The van der Waals surface area contributed by atoms with Crippen LogP contribution in [0.1, 0.15) is 51.5 Å². The Morgan fingerprint density at radius 2 is 1.66 bits per heavy atom. The van der Waals surface area contributed by atoms with Gasteiger partial charge >= 0.3 is 5.97 Å². The number of hydrogen-bond donors (Lipinski definition) is 6. The van der Waals surface area contributed by atoms with E-state index in [1.807, 2.05) is 44.2 Å². The fourth-order valence-electron chi connectivity index (χ4n) is 3.63. The summed E-state index contributed by atoms with van der Waals surface area (Å²) in [4.78, 5) is 45.9. The lowest BCUT2D eigenvalue weighted by atomic mass is 9.89. The molecule has 35 heavy (non-hydrogen) atoms. The van der Waals surface area contributed by atoms with Gasteiger partial charge in [0.1, 0.15) is 6.04 Å². The summed E-state index contributed by atoms with van der Waals surface area (Å²) >= 11 is 0. The van der Waals surface area contributed by atoms with Crippen molar-refractivity contribution in [1.82, 2.24) is 5.32 Å². The van der Waals surface area contributed by atoms with Crippen LogP contribution in [-0.4, -0.2) is 53.3 Å². The van der Waals surface area contributed by atoms with Crippen molar-refractivity contribution in [3.8, 4) is 0 Å². The number of carbonyl (C=O) groups is 3. The monoisotopic (exact) mass is 489 g/mol. The van der Waals surface area contributed by atoms with Gasteiger partial charge in [0.2, 0.25) is 5.91 Å². The largest absolute Gasteiger partial charge is 0.481 e. The van der Waals surface area contributed by atoms with E-state index in [9.17, 15) is 19.5 Å². The first-order valence-corrected chi connectivity index (χ1v) is 11.7. The van der Waals surface area contributed by atoms with Crippen molar-refractivity contribution < 1.29 is 19.5 Å². The van der Waals surface area contributed by atoms with Crippen molar-refractivity contribution in [2.24, 2.45) is 44.8 Å². The second-order valence-electron chi connectivity index (χ2n) is 8.96. The average Bonchev–Trinajstić information content (AvgIpc) is 2.76. The van der Waals surface area contributed by atoms with Gasteiger partial charge in [0.05, 0.1) is 12.0 Å². The summed E-state index contributed by atoms with van der Waals surface area (Å²) in [5.74, 6) is -2.96. The smallest absolute Gasteiger partial charge is 0.307 e. The summed E-state index contributed by atoms with van der Waals surface area (Å²) in [6, 6.07) is 7.38. The van der Waals surface area contributed by atoms with E-state index in [1.54, 1.807) is 0 Å². The van der Waals surface area contributed by atoms with E-state index < -0.39 is 29.9 Å². The van der Waals surface area contributed by atoms with Gasteiger partial charge in [-0.1, -0.05) is 44.2 Å². The zero-order chi connectivity index (χ0) is 26.4. The van der Waals surface area contributed by atoms with E-state index in [2.05, 4.69) is 15.3 Å². The van der Waals surface area contributed by atoms with Crippen molar-refractivity contribution in [3.05, 3.63) is 35.9 Å². The molecule has 0 bridgehead atoms. The maximum atomic E-state index is 13.1. The van der Waals surface area contributed by atoms with E-state index in [0.717, 1.165) is 5.56 Å². The molecule has 0 saturated carbocycles. The van der Waals surface area contributed by atoms with Crippen LogP contribution in [0, 0.1) is 11.8 Å². The Labute approximate surface area is 206 Å². The molecule has 10 N–H and O–H groups in total. The van der Waals surface area contributed by atoms with Gasteiger partial charge in [-0.05, 0) is 43.6 Å². The molecule has 11 nitrogen and oxygen atoms in total. The van der Waals surface area contributed by atoms with Crippen molar-refractivity contribution in [1.29, 1.82) is 0 Å². The summed E-state index contributed by atoms with van der Waals surface area (Å²) in [5, 5.41) is 12.4. The maximum absolute atomic E-state index is 13.1. The van der Waals surface area contributed by atoms with Gasteiger partial charge in [-0.25, -0.2) is 4.99 Å². The van der Waals surface area contributed by atoms with Gasteiger partial charge in [-0.3, -0.25) is 19.4 Å². The second kappa shape index (κ2) is 15.3. The summed E-state index contributed by atoms with van der Waals surface area (Å²) in [6.07, 6.45) is 1.91. The molecular formula is C24H39N7O4. The Bertz CT molecular complexity index is 879. The highest BCUT2D eigenvalue weighted by atomic mass is 16.4. The molecule has 1 rings (SSSR count). The number of aliphatic imine (C=N–C) groups is 2. The summed E-state index contributed by atoms with van der Waals surface area (Å²) in [7, 11) is 0. The number of amides is 1. The third-order valence-corrected chi connectivity index (χ3v) is 5.32. The van der Waals surface area contributed by atoms with E-state index >= 15 is 0 Å². The number of guanidine groups is 2. The number of nitrogens with one attached hydrogen (secondary N) is 1. The van der Waals surface area contributed by atoms with Gasteiger partial charge in [-0.2, -0.15) is 0 Å².